The maximum absolute atomic E-state index is 13.9. The molecule has 1 atom stereocenters. The summed E-state index contributed by atoms with van der Waals surface area (Å²) >= 11 is 0. The molecule has 3 N–H and O–H groups in total. The topological polar surface area (TPSA) is 55.1 Å². The first kappa shape index (κ1) is 21.8. The van der Waals surface area contributed by atoms with Crippen LogP contribution in [-0.2, 0) is 4.79 Å². The van der Waals surface area contributed by atoms with E-state index in [0.717, 1.165) is 38.2 Å². The van der Waals surface area contributed by atoms with E-state index in [9.17, 15) is 13.6 Å². The molecule has 0 aliphatic carbocycles. The number of amides is 1. The standard InChI is InChI=1S/C17H26F2N2O.ClH/c1-2-7-16(14-10-9-13(18)12-15(14)19)21-17(22)8-5-3-4-6-11-20;/h9-10,12,16H,2-8,11,20H2,1H3,(H,21,22);1H. The maximum Gasteiger partial charge on any atom is 0.220 e. The summed E-state index contributed by atoms with van der Waals surface area (Å²) in [6.45, 7) is 2.64. The number of halogens is 3. The van der Waals surface area contributed by atoms with Crippen LogP contribution in [0, 0.1) is 11.6 Å². The van der Waals surface area contributed by atoms with E-state index in [1.807, 2.05) is 6.92 Å². The first-order valence-electron chi connectivity index (χ1n) is 8.02. The highest BCUT2D eigenvalue weighted by atomic mass is 35.5. The Balaban J connectivity index is 0.00000484. The molecule has 23 heavy (non-hydrogen) atoms. The average Bonchev–Trinajstić information content (AvgIpc) is 2.47. The van der Waals surface area contributed by atoms with Crippen molar-refractivity contribution in [3.63, 3.8) is 0 Å². The Bertz CT molecular complexity index is 472. The third-order valence-electron chi connectivity index (χ3n) is 3.61. The van der Waals surface area contributed by atoms with Crippen LogP contribution in [0.25, 0.3) is 0 Å². The number of hydrogen-bond acceptors (Lipinski definition) is 2. The van der Waals surface area contributed by atoms with E-state index < -0.39 is 17.7 Å². The van der Waals surface area contributed by atoms with Gasteiger partial charge in [0.1, 0.15) is 11.6 Å². The van der Waals surface area contributed by atoms with E-state index in [1.54, 1.807) is 0 Å². The molecule has 0 saturated carbocycles. The summed E-state index contributed by atoms with van der Waals surface area (Å²) in [5.41, 5.74) is 5.76. The molecule has 1 aromatic carbocycles. The molecule has 6 heteroatoms. The summed E-state index contributed by atoms with van der Waals surface area (Å²) in [7, 11) is 0. The monoisotopic (exact) mass is 348 g/mol. The van der Waals surface area contributed by atoms with Crippen LogP contribution in [0.2, 0.25) is 0 Å². The summed E-state index contributed by atoms with van der Waals surface area (Å²) in [5.74, 6) is -1.31. The van der Waals surface area contributed by atoms with Gasteiger partial charge in [-0.3, -0.25) is 4.79 Å². The second kappa shape index (κ2) is 12.3. The lowest BCUT2D eigenvalue weighted by Crippen LogP contribution is -2.29. The van der Waals surface area contributed by atoms with Gasteiger partial charge in [-0.2, -0.15) is 0 Å². The molecule has 0 saturated heterocycles. The molecule has 1 amide bonds. The van der Waals surface area contributed by atoms with Crippen LogP contribution in [0.15, 0.2) is 18.2 Å². The van der Waals surface area contributed by atoms with Crippen LogP contribution in [0.4, 0.5) is 8.78 Å². The van der Waals surface area contributed by atoms with E-state index in [4.69, 9.17) is 5.73 Å². The normalized spacial score (nSPS) is 11.7. The lowest BCUT2D eigenvalue weighted by atomic mass is 10.0. The van der Waals surface area contributed by atoms with Crippen LogP contribution in [0.5, 0.6) is 0 Å². The Kier molecular flexibility index (Phi) is 11.6. The van der Waals surface area contributed by atoms with Crippen molar-refractivity contribution < 1.29 is 13.6 Å². The third kappa shape index (κ3) is 8.28. The first-order chi connectivity index (χ1) is 10.6. The predicted molar refractivity (Wildman–Crippen MR) is 91.5 cm³/mol. The number of carbonyl (C=O) groups excluding carboxylic acids is 1. The molecule has 0 aromatic heterocycles. The zero-order valence-corrected chi connectivity index (χ0v) is 14.4. The van der Waals surface area contributed by atoms with Crippen LogP contribution in [0.3, 0.4) is 0 Å². The Morgan fingerprint density at radius 1 is 1.22 bits per heavy atom. The molecule has 1 aromatic rings. The fraction of sp³-hybridized carbons (Fsp3) is 0.588. The minimum absolute atomic E-state index is 0. The van der Waals surface area contributed by atoms with Gasteiger partial charge in [0.2, 0.25) is 5.91 Å². The second-order valence-electron chi connectivity index (χ2n) is 5.53. The van der Waals surface area contributed by atoms with Gasteiger partial charge in [-0.15, -0.1) is 12.4 Å². The Labute approximate surface area is 143 Å². The molecule has 3 nitrogen and oxygen atoms in total. The minimum Gasteiger partial charge on any atom is -0.349 e. The molecule has 132 valence electrons. The minimum atomic E-state index is -0.610. The zero-order valence-electron chi connectivity index (χ0n) is 13.6. The fourth-order valence-corrected chi connectivity index (χ4v) is 2.43. The summed E-state index contributed by atoms with van der Waals surface area (Å²) in [6.07, 6.45) is 5.62. The highest BCUT2D eigenvalue weighted by Gasteiger charge is 2.17. The van der Waals surface area contributed by atoms with Crippen molar-refractivity contribution in [3.05, 3.63) is 35.4 Å². The van der Waals surface area contributed by atoms with Gasteiger partial charge in [0.05, 0.1) is 6.04 Å². The summed E-state index contributed by atoms with van der Waals surface area (Å²) in [5, 5.41) is 2.86. The SMILES string of the molecule is CCCC(NC(=O)CCCCCCN)c1ccc(F)cc1F.Cl. The Morgan fingerprint density at radius 3 is 2.52 bits per heavy atom. The lowest BCUT2D eigenvalue weighted by molar-refractivity contribution is -0.122. The second-order valence-corrected chi connectivity index (χ2v) is 5.53. The van der Waals surface area contributed by atoms with Crippen LogP contribution in [0.1, 0.15) is 63.5 Å². The van der Waals surface area contributed by atoms with Crippen molar-refractivity contribution in [1.29, 1.82) is 0 Å². The molecule has 0 bridgehead atoms. The molecule has 1 rings (SSSR count). The third-order valence-corrected chi connectivity index (χ3v) is 3.61. The van der Waals surface area contributed by atoms with Gasteiger partial charge in [0, 0.05) is 18.1 Å². The molecule has 0 fully saturated rings. The van der Waals surface area contributed by atoms with E-state index >= 15 is 0 Å². The largest absolute Gasteiger partial charge is 0.349 e. The number of rotatable bonds is 10. The smallest absolute Gasteiger partial charge is 0.220 e. The van der Waals surface area contributed by atoms with E-state index in [-0.39, 0.29) is 18.3 Å². The van der Waals surface area contributed by atoms with Gasteiger partial charge in [0.25, 0.3) is 0 Å². The average molecular weight is 349 g/mol. The molecule has 0 radical (unpaired) electrons. The van der Waals surface area contributed by atoms with Crippen molar-refractivity contribution in [3.8, 4) is 0 Å². The summed E-state index contributed by atoms with van der Waals surface area (Å²) in [4.78, 5) is 12.0. The number of carbonyl (C=O) groups is 1. The lowest BCUT2D eigenvalue weighted by Gasteiger charge is -2.19. The molecule has 0 heterocycles. The van der Waals surface area contributed by atoms with Crippen molar-refractivity contribution in [2.24, 2.45) is 5.73 Å². The van der Waals surface area contributed by atoms with Crippen LogP contribution >= 0.6 is 12.4 Å². The Morgan fingerprint density at radius 2 is 1.91 bits per heavy atom. The molecule has 0 aliphatic rings. The van der Waals surface area contributed by atoms with Gasteiger partial charge in [-0.1, -0.05) is 32.3 Å². The number of nitrogens with one attached hydrogen (secondary N) is 1. The zero-order chi connectivity index (χ0) is 16.4. The molecule has 0 spiro atoms. The van der Waals surface area contributed by atoms with Crippen LogP contribution < -0.4 is 11.1 Å². The molecule has 0 aliphatic heterocycles. The van der Waals surface area contributed by atoms with Gasteiger partial charge < -0.3 is 11.1 Å². The number of benzene rings is 1. The maximum atomic E-state index is 13.9. The van der Waals surface area contributed by atoms with Crippen molar-refractivity contribution in [1.82, 2.24) is 5.32 Å². The highest BCUT2D eigenvalue weighted by molar-refractivity contribution is 5.85. The van der Waals surface area contributed by atoms with Crippen molar-refractivity contribution in [2.75, 3.05) is 6.54 Å². The molecular formula is C17H27ClF2N2O. The Hall–Kier alpha value is -1.20. The van der Waals surface area contributed by atoms with Gasteiger partial charge in [-0.05, 0) is 31.9 Å². The van der Waals surface area contributed by atoms with Gasteiger partial charge >= 0.3 is 0 Å². The fourth-order valence-electron chi connectivity index (χ4n) is 2.43. The van der Waals surface area contributed by atoms with E-state index in [0.29, 0.717) is 24.9 Å². The van der Waals surface area contributed by atoms with Crippen molar-refractivity contribution >= 4 is 18.3 Å². The molecular weight excluding hydrogens is 322 g/mol. The summed E-state index contributed by atoms with van der Waals surface area (Å²) < 4.78 is 26.9. The molecule has 1 unspecified atom stereocenters. The predicted octanol–water partition coefficient (Wildman–Crippen LogP) is 4.25. The first-order valence-corrected chi connectivity index (χ1v) is 8.02. The van der Waals surface area contributed by atoms with Crippen LogP contribution in [-0.4, -0.2) is 12.5 Å². The number of hydrogen-bond donors (Lipinski definition) is 2. The highest BCUT2D eigenvalue weighted by Crippen LogP contribution is 2.22. The van der Waals surface area contributed by atoms with E-state index in [2.05, 4.69) is 5.32 Å². The van der Waals surface area contributed by atoms with E-state index in [1.165, 1.54) is 12.1 Å². The quantitative estimate of drug-likeness (QED) is 0.621. The number of unbranched alkanes of at least 4 members (excludes halogenated alkanes) is 3. The summed E-state index contributed by atoms with van der Waals surface area (Å²) in [6, 6.07) is 3.09. The van der Waals surface area contributed by atoms with Crippen molar-refractivity contribution in [2.45, 2.75) is 57.9 Å². The number of nitrogens with two attached hydrogens (primary N) is 1. The van der Waals surface area contributed by atoms with Gasteiger partial charge in [-0.25, -0.2) is 8.78 Å². The van der Waals surface area contributed by atoms with Gasteiger partial charge in [0.15, 0.2) is 0 Å².